The molecule has 0 unspecified atom stereocenters. The number of carbonyl (C=O) groups excluding carboxylic acids is 2. The molecular weight excluding hydrogens is 304 g/mol. The summed E-state index contributed by atoms with van der Waals surface area (Å²) in [6, 6.07) is 8.20. The number of nitrogens with one attached hydrogen (secondary N) is 3. The van der Waals surface area contributed by atoms with Crippen LogP contribution in [0.3, 0.4) is 0 Å². The van der Waals surface area contributed by atoms with Crippen molar-refractivity contribution >= 4 is 17.6 Å². The summed E-state index contributed by atoms with van der Waals surface area (Å²) in [7, 11) is 0. The molecule has 0 bridgehead atoms. The van der Waals surface area contributed by atoms with Crippen molar-refractivity contribution < 1.29 is 9.59 Å². The second-order valence-electron chi connectivity index (χ2n) is 6.63. The fourth-order valence-electron chi connectivity index (χ4n) is 3.00. The fraction of sp³-hybridized carbons (Fsp3) is 0.556. The van der Waals surface area contributed by atoms with Crippen LogP contribution in [0.1, 0.15) is 38.2 Å². The van der Waals surface area contributed by atoms with Crippen LogP contribution in [0.15, 0.2) is 24.3 Å². The van der Waals surface area contributed by atoms with E-state index in [0.717, 1.165) is 37.1 Å². The number of benzene rings is 1. The van der Waals surface area contributed by atoms with Crippen LogP contribution in [0.2, 0.25) is 0 Å². The number of carbonyl (C=O) groups is 2. The van der Waals surface area contributed by atoms with Crippen LogP contribution in [0.5, 0.6) is 0 Å². The third kappa shape index (κ3) is 4.40. The van der Waals surface area contributed by atoms with Crippen molar-refractivity contribution in [3.8, 4) is 0 Å². The quantitative estimate of drug-likeness (QED) is 0.716. The first-order valence-electron chi connectivity index (χ1n) is 8.82. The zero-order valence-corrected chi connectivity index (χ0v) is 14.2. The molecule has 6 nitrogen and oxygen atoms in total. The maximum atomic E-state index is 12.0. The highest BCUT2D eigenvalue weighted by molar-refractivity contribution is 5.82. The summed E-state index contributed by atoms with van der Waals surface area (Å²) >= 11 is 0. The molecule has 3 N–H and O–H groups in total. The minimum Gasteiger partial charge on any atom is -0.385 e. The monoisotopic (exact) mass is 330 g/mol. The van der Waals surface area contributed by atoms with E-state index in [1.54, 1.807) is 0 Å². The van der Waals surface area contributed by atoms with Crippen LogP contribution in [-0.2, 0) is 11.3 Å². The first-order chi connectivity index (χ1) is 11.7. The molecule has 1 saturated heterocycles. The summed E-state index contributed by atoms with van der Waals surface area (Å²) in [6.07, 6.45) is 3.72. The predicted octanol–water partition coefficient (Wildman–Crippen LogP) is 2.07. The first kappa shape index (κ1) is 16.6. The summed E-state index contributed by atoms with van der Waals surface area (Å²) in [6.45, 7) is 4.21. The van der Waals surface area contributed by atoms with Crippen molar-refractivity contribution in [1.82, 2.24) is 15.5 Å². The molecule has 1 aliphatic carbocycles. The van der Waals surface area contributed by atoms with Crippen LogP contribution in [-0.4, -0.2) is 42.0 Å². The largest absolute Gasteiger partial charge is 0.385 e. The lowest BCUT2D eigenvalue weighted by Gasteiger charge is -2.16. The van der Waals surface area contributed by atoms with E-state index in [-0.39, 0.29) is 18.0 Å². The maximum absolute atomic E-state index is 12.0. The third-order valence-electron chi connectivity index (χ3n) is 4.47. The molecule has 3 amide bonds. The molecule has 1 aromatic carbocycles. The first-order valence-corrected chi connectivity index (χ1v) is 8.82. The average Bonchev–Trinajstić information content (AvgIpc) is 3.36. The smallest absolute Gasteiger partial charge is 0.315 e. The topological polar surface area (TPSA) is 73.5 Å². The predicted molar refractivity (Wildman–Crippen MR) is 93.7 cm³/mol. The van der Waals surface area contributed by atoms with Gasteiger partial charge in [-0.15, -0.1) is 0 Å². The standard InChI is InChI=1S/C18H26N4O2/c1-2-9-19-14-5-3-13(4-6-14)11-20-18(24)21-15-10-17(23)22(12-15)16-7-8-16/h3-6,15-16,19H,2,7-12H2,1H3,(H2,20,21,24)/t15-/m1/s1. The number of hydrogen-bond donors (Lipinski definition) is 3. The number of anilines is 1. The number of rotatable bonds is 7. The minimum absolute atomic E-state index is 0.0706. The highest BCUT2D eigenvalue weighted by Gasteiger charge is 2.39. The van der Waals surface area contributed by atoms with E-state index in [1.165, 1.54) is 0 Å². The van der Waals surface area contributed by atoms with Crippen molar-refractivity contribution in [3.05, 3.63) is 29.8 Å². The molecule has 24 heavy (non-hydrogen) atoms. The summed E-state index contributed by atoms with van der Waals surface area (Å²) in [5.41, 5.74) is 2.14. The summed E-state index contributed by atoms with van der Waals surface area (Å²) in [5.74, 6) is 0.165. The van der Waals surface area contributed by atoms with Gasteiger partial charge in [-0.1, -0.05) is 19.1 Å². The van der Waals surface area contributed by atoms with Gasteiger partial charge in [0.25, 0.3) is 0 Å². The average molecular weight is 330 g/mol. The normalized spacial score (nSPS) is 20.1. The summed E-state index contributed by atoms with van der Waals surface area (Å²) < 4.78 is 0. The Kier molecular flexibility index (Phi) is 5.23. The molecular formula is C18H26N4O2. The lowest BCUT2D eigenvalue weighted by Crippen LogP contribution is -2.43. The second-order valence-corrected chi connectivity index (χ2v) is 6.63. The molecule has 3 rings (SSSR count). The zero-order valence-electron chi connectivity index (χ0n) is 14.2. The van der Waals surface area contributed by atoms with Crippen molar-refractivity contribution in [2.45, 2.75) is 51.2 Å². The van der Waals surface area contributed by atoms with Crippen molar-refractivity contribution in [2.75, 3.05) is 18.4 Å². The van der Waals surface area contributed by atoms with E-state index >= 15 is 0 Å². The Balaban J connectivity index is 1.40. The van der Waals surface area contributed by atoms with E-state index in [2.05, 4.69) is 22.9 Å². The van der Waals surface area contributed by atoms with E-state index < -0.39 is 0 Å². The van der Waals surface area contributed by atoms with Crippen LogP contribution >= 0.6 is 0 Å². The van der Waals surface area contributed by atoms with Crippen molar-refractivity contribution in [1.29, 1.82) is 0 Å². The van der Waals surface area contributed by atoms with Crippen molar-refractivity contribution in [3.63, 3.8) is 0 Å². The van der Waals surface area contributed by atoms with Gasteiger partial charge < -0.3 is 20.9 Å². The SMILES string of the molecule is CCCNc1ccc(CNC(=O)N[C@@H]2CC(=O)N(C3CC3)C2)cc1. The molecule has 0 aromatic heterocycles. The molecule has 0 radical (unpaired) electrons. The van der Waals surface area contributed by atoms with Gasteiger partial charge in [-0.25, -0.2) is 4.79 Å². The van der Waals surface area contributed by atoms with Gasteiger partial charge in [-0.05, 0) is 37.0 Å². The van der Waals surface area contributed by atoms with E-state index in [9.17, 15) is 9.59 Å². The molecule has 1 heterocycles. The Labute approximate surface area is 143 Å². The van der Waals surface area contributed by atoms with E-state index in [1.807, 2.05) is 29.2 Å². The molecule has 6 heteroatoms. The molecule has 2 aliphatic rings. The Morgan fingerprint density at radius 3 is 2.67 bits per heavy atom. The molecule has 130 valence electrons. The van der Waals surface area contributed by atoms with Crippen LogP contribution in [0, 0.1) is 0 Å². The van der Waals surface area contributed by atoms with Gasteiger partial charge in [0.1, 0.15) is 0 Å². The Hall–Kier alpha value is -2.24. The number of likely N-dealkylation sites (tertiary alicyclic amines) is 1. The van der Waals surface area contributed by atoms with Crippen LogP contribution in [0.25, 0.3) is 0 Å². The lowest BCUT2D eigenvalue weighted by atomic mass is 10.2. The Morgan fingerprint density at radius 1 is 1.25 bits per heavy atom. The van der Waals surface area contributed by atoms with Gasteiger partial charge in [0.15, 0.2) is 0 Å². The number of nitrogens with zero attached hydrogens (tertiary/aromatic N) is 1. The molecule has 2 fully saturated rings. The second kappa shape index (κ2) is 7.55. The van der Waals surface area contributed by atoms with Crippen LogP contribution < -0.4 is 16.0 Å². The number of hydrogen-bond acceptors (Lipinski definition) is 3. The van der Waals surface area contributed by atoms with Crippen LogP contribution in [0.4, 0.5) is 10.5 Å². The zero-order chi connectivity index (χ0) is 16.9. The Morgan fingerprint density at radius 2 is 2.00 bits per heavy atom. The molecule has 1 atom stereocenters. The van der Waals surface area contributed by atoms with Crippen molar-refractivity contribution in [2.24, 2.45) is 0 Å². The van der Waals surface area contributed by atoms with Gasteiger partial charge in [0.05, 0.1) is 6.04 Å². The third-order valence-corrected chi connectivity index (χ3v) is 4.47. The highest BCUT2D eigenvalue weighted by Crippen LogP contribution is 2.30. The fourth-order valence-corrected chi connectivity index (χ4v) is 3.00. The van der Waals surface area contributed by atoms with Gasteiger partial charge in [0.2, 0.25) is 5.91 Å². The Bertz CT molecular complexity index is 583. The molecule has 1 aliphatic heterocycles. The van der Waals surface area contributed by atoms with E-state index in [0.29, 0.717) is 25.6 Å². The lowest BCUT2D eigenvalue weighted by molar-refractivity contribution is -0.128. The number of urea groups is 1. The highest BCUT2D eigenvalue weighted by atomic mass is 16.2. The van der Waals surface area contributed by atoms with Gasteiger partial charge in [-0.3, -0.25) is 4.79 Å². The molecule has 0 spiro atoms. The minimum atomic E-state index is -0.210. The maximum Gasteiger partial charge on any atom is 0.315 e. The summed E-state index contributed by atoms with van der Waals surface area (Å²) in [4.78, 5) is 25.8. The van der Waals surface area contributed by atoms with E-state index in [4.69, 9.17) is 0 Å². The molecule has 1 saturated carbocycles. The molecule has 1 aromatic rings. The van der Waals surface area contributed by atoms with Gasteiger partial charge in [-0.2, -0.15) is 0 Å². The van der Waals surface area contributed by atoms with Gasteiger partial charge in [0, 0.05) is 37.8 Å². The van der Waals surface area contributed by atoms with Gasteiger partial charge >= 0.3 is 6.03 Å². The summed E-state index contributed by atoms with van der Waals surface area (Å²) in [5, 5.41) is 9.09. The number of amides is 3.